The van der Waals surface area contributed by atoms with Crippen LogP contribution in [0.25, 0.3) is 32.9 Å². The van der Waals surface area contributed by atoms with Crippen molar-refractivity contribution in [2.75, 3.05) is 31.6 Å². The second-order valence-electron chi connectivity index (χ2n) is 11.0. The molecule has 0 saturated carbocycles. The van der Waals surface area contributed by atoms with Crippen molar-refractivity contribution in [2.45, 2.75) is 43.9 Å². The van der Waals surface area contributed by atoms with Gasteiger partial charge in [-0.1, -0.05) is 12.0 Å². The number of rotatable bonds is 4. The molecule has 2 saturated heterocycles. The van der Waals surface area contributed by atoms with Crippen molar-refractivity contribution in [3.05, 3.63) is 41.5 Å². The third-order valence-electron chi connectivity index (χ3n) is 8.27. The van der Waals surface area contributed by atoms with Crippen molar-refractivity contribution in [2.24, 2.45) is 0 Å². The van der Waals surface area contributed by atoms with E-state index in [2.05, 4.69) is 31.1 Å². The molecular weight excluding hydrogens is 535 g/mol. The van der Waals surface area contributed by atoms with Gasteiger partial charge in [-0.2, -0.15) is 9.97 Å². The smallest absolute Gasteiger partial charge is 0.319 e. The number of fused-ring (bicyclic) bond motifs is 2. The molecule has 8 nitrogen and oxygen atoms in total. The molecular formula is C30H26F3N5O3. The molecule has 2 aromatic heterocycles. The van der Waals surface area contributed by atoms with E-state index < -0.39 is 23.3 Å². The Labute approximate surface area is 233 Å². The van der Waals surface area contributed by atoms with Crippen LogP contribution < -0.4 is 14.8 Å². The number of ether oxygens (including phenoxy) is 2. The van der Waals surface area contributed by atoms with E-state index in [0.717, 1.165) is 19.4 Å². The molecule has 0 unspecified atom stereocenters. The molecule has 2 fully saturated rings. The van der Waals surface area contributed by atoms with Crippen LogP contribution in [0.4, 0.5) is 19.0 Å². The fraction of sp³-hybridized carbons (Fsp3) is 0.367. The highest BCUT2D eigenvalue weighted by atomic mass is 19.1. The molecule has 0 bridgehead atoms. The SMILES string of the molecule is C#Cc1c(F)ccc2cc(O)cc(-c3nc4c5c(nc(OC[C@@]67CCCN6C[C@H](F)C7)nc5c3F)N[C@@H](C)CO4)c12. The van der Waals surface area contributed by atoms with Gasteiger partial charge in [0.2, 0.25) is 5.88 Å². The highest BCUT2D eigenvalue weighted by Gasteiger charge is 2.49. The third kappa shape index (κ3) is 4.08. The average Bonchev–Trinajstić information content (AvgIpc) is 3.41. The summed E-state index contributed by atoms with van der Waals surface area (Å²) in [6.45, 7) is 3.40. The maximum Gasteiger partial charge on any atom is 0.319 e. The van der Waals surface area contributed by atoms with Crippen LogP contribution in [0.3, 0.4) is 0 Å². The number of aromatic hydroxyl groups is 1. The lowest BCUT2D eigenvalue weighted by Crippen LogP contribution is -2.43. The maximum absolute atomic E-state index is 16.5. The standard InChI is InChI=1S/C30H26F3N5O3/c1-3-19-21(32)6-5-16-9-18(39)10-20(22(16)19)25-24(33)26-23-27(34-15(2)13-40-28(23)35-25)37-29(36-26)41-14-30-7-4-8-38(30)12-17(31)11-30/h1,5-6,9-10,15,17,39H,4,7-8,11-14H2,2H3,(H,34,36,37)/t15-,17+,30-/m0/s1. The van der Waals surface area contributed by atoms with E-state index >= 15 is 4.39 Å². The Morgan fingerprint density at radius 1 is 1.24 bits per heavy atom. The van der Waals surface area contributed by atoms with Gasteiger partial charge in [0.1, 0.15) is 53.4 Å². The predicted molar refractivity (Wildman–Crippen MR) is 147 cm³/mol. The summed E-state index contributed by atoms with van der Waals surface area (Å²) in [6, 6.07) is 5.06. The monoisotopic (exact) mass is 561 g/mol. The lowest BCUT2D eigenvalue weighted by atomic mass is 9.95. The number of benzene rings is 2. The highest BCUT2D eigenvalue weighted by molar-refractivity contribution is 6.04. The number of terminal acetylenes is 1. The summed E-state index contributed by atoms with van der Waals surface area (Å²) in [5.74, 6) is 1.01. The van der Waals surface area contributed by atoms with Gasteiger partial charge in [-0.15, -0.1) is 6.42 Å². The number of alkyl halides is 1. The number of halogens is 3. The van der Waals surface area contributed by atoms with Crippen LogP contribution in [0.2, 0.25) is 0 Å². The summed E-state index contributed by atoms with van der Waals surface area (Å²) >= 11 is 0. The Morgan fingerprint density at radius 3 is 2.93 bits per heavy atom. The first-order valence-electron chi connectivity index (χ1n) is 13.5. The van der Waals surface area contributed by atoms with E-state index in [0.29, 0.717) is 18.4 Å². The second-order valence-corrected chi connectivity index (χ2v) is 11.0. The summed E-state index contributed by atoms with van der Waals surface area (Å²) in [5, 5.41) is 14.5. The number of nitrogens with one attached hydrogen (secondary N) is 1. The topological polar surface area (TPSA) is 92.6 Å². The summed E-state index contributed by atoms with van der Waals surface area (Å²) in [6.07, 6.45) is 6.81. The number of nitrogens with zero attached hydrogens (tertiary/aromatic N) is 4. The summed E-state index contributed by atoms with van der Waals surface area (Å²) in [4.78, 5) is 15.5. The second kappa shape index (κ2) is 9.38. The van der Waals surface area contributed by atoms with Gasteiger partial charge >= 0.3 is 6.01 Å². The Morgan fingerprint density at radius 2 is 2.10 bits per heavy atom. The van der Waals surface area contributed by atoms with E-state index in [1.54, 1.807) is 0 Å². The van der Waals surface area contributed by atoms with E-state index in [1.807, 2.05) is 6.92 Å². The molecule has 4 aromatic rings. The first-order valence-corrected chi connectivity index (χ1v) is 13.5. The molecule has 41 heavy (non-hydrogen) atoms. The van der Waals surface area contributed by atoms with Crippen molar-refractivity contribution >= 4 is 27.5 Å². The number of hydrogen-bond acceptors (Lipinski definition) is 8. The number of phenolic OH excluding ortho intramolecular Hbond substituents is 1. The van der Waals surface area contributed by atoms with E-state index in [9.17, 15) is 13.9 Å². The zero-order valence-electron chi connectivity index (χ0n) is 22.2. The lowest BCUT2D eigenvalue weighted by molar-refractivity contribution is 0.107. The van der Waals surface area contributed by atoms with Gasteiger partial charge in [0.15, 0.2) is 5.82 Å². The zero-order valence-corrected chi connectivity index (χ0v) is 22.2. The number of phenols is 1. The van der Waals surface area contributed by atoms with Gasteiger partial charge in [0, 0.05) is 23.9 Å². The van der Waals surface area contributed by atoms with Crippen LogP contribution >= 0.6 is 0 Å². The first kappa shape index (κ1) is 25.7. The summed E-state index contributed by atoms with van der Waals surface area (Å²) in [7, 11) is 0. The molecule has 3 aliphatic rings. The Hall–Kier alpha value is -4.30. The van der Waals surface area contributed by atoms with Crippen molar-refractivity contribution in [1.82, 2.24) is 19.9 Å². The van der Waals surface area contributed by atoms with Crippen molar-refractivity contribution in [3.63, 3.8) is 0 Å². The molecule has 5 heterocycles. The average molecular weight is 562 g/mol. The van der Waals surface area contributed by atoms with Crippen molar-refractivity contribution in [3.8, 4) is 41.2 Å². The van der Waals surface area contributed by atoms with Crippen LogP contribution in [0.5, 0.6) is 17.6 Å². The van der Waals surface area contributed by atoms with Crippen LogP contribution in [0.1, 0.15) is 31.7 Å². The van der Waals surface area contributed by atoms with Crippen molar-refractivity contribution in [1.29, 1.82) is 0 Å². The lowest BCUT2D eigenvalue weighted by Gasteiger charge is -2.30. The molecule has 2 aromatic carbocycles. The Bertz CT molecular complexity index is 1780. The highest BCUT2D eigenvalue weighted by Crippen LogP contribution is 2.43. The molecule has 0 amide bonds. The van der Waals surface area contributed by atoms with Gasteiger partial charge in [-0.25, -0.2) is 18.2 Å². The number of pyridine rings is 1. The van der Waals surface area contributed by atoms with Gasteiger partial charge < -0.3 is 19.9 Å². The molecule has 3 atom stereocenters. The van der Waals surface area contributed by atoms with E-state index in [-0.39, 0.29) is 75.8 Å². The van der Waals surface area contributed by atoms with Gasteiger partial charge in [-0.05, 0) is 49.9 Å². The summed E-state index contributed by atoms with van der Waals surface area (Å²) in [5.41, 5.74) is -0.801. The Kier molecular flexibility index (Phi) is 5.87. The molecule has 3 aliphatic heterocycles. The first-order chi connectivity index (χ1) is 19.8. The van der Waals surface area contributed by atoms with E-state index in [4.69, 9.17) is 15.9 Å². The molecule has 0 radical (unpaired) electrons. The van der Waals surface area contributed by atoms with E-state index in [1.165, 1.54) is 24.3 Å². The fourth-order valence-electron chi connectivity index (χ4n) is 6.45. The zero-order chi connectivity index (χ0) is 28.5. The number of aromatic nitrogens is 3. The fourth-order valence-corrected chi connectivity index (χ4v) is 6.45. The van der Waals surface area contributed by atoms with Gasteiger partial charge in [0.05, 0.1) is 17.1 Å². The largest absolute Gasteiger partial charge is 0.508 e. The third-order valence-corrected chi connectivity index (χ3v) is 8.27. The molecule has 0 aliphatic carbocycles. The number of anilines is 1. The quantitative estimate of drug-likeness (QED) is 0.338. The Balaban J connectivity index is 1.41. The minimum Gasteiger partial charge on any atom is -0.508 e. The van der Waals surface area contributed by atoms with Crippen LogP contribution in [0, 0.1) is 24.0 Å². The predicted octanol–water partition coefficient (Wildman–Crippen LogP) is 4.96. The van der Waals surface area contributed by atoms with Gasteiger partial charge in [-0.3, -0.25) is 4.90 Å². The van der Waals surface area contributed by atoms with Gasteiger partial charge in [0.25, 0.3) is 0 Å². The van der Waals surface area contributed by atoms with Crippen LogP contribution in [-0.2, 0) is 0 Å². The molecule has 11 heteroatoms. The molecule has 0 spiro atoms. The minimum atomic E-state index is -0.927. The van der Waals surface area contributed by atoms with Crippen molar-refractivity contribution < 1.29 is 27.8 Å². The van der Waals surface area contributed by atoms with Crippen LogP contribution in [-0.4, -0.2) is 69.0 Å². The molecule has 7 rings (SSSR count). The molecule has 210 valence electrons. The van der Waals surface area contributed by atoms with Crippen LogP contribution in [0.15, 0.2) is 24.3 Å². The maximum atomic E-state index is 16.5. The minimum absolute atomic E-state index is 0.0709. The summed E-state index contributed by atoms with van der Waals surface area (Å²) < 4.78 is 57.5. The molecule has 2 N–H and O–H groups in total. The number of hydrogen-bond donors (Lipinski definition) is 2. The normalized spacial score (nSPS) is 23.6.